The van der Waals surface area contributed by atoms with Crippen molar-refractivity contribution in [2.24, 2.45) is 11.1 Å². The van der Waals surface area contributed by atoms with Gasteiger partial charge in [-0.2, -0.15) is 0 Å². The van der Waals surface area contributed by atoms with Gasteiger partial charge in [0.15, 0.2) is 0 Å². The van der Waals surface area contributed by atoms with Gasteiger partial charge in [0.1, 0.15) is 29.9 Å². The maximum Gasteiger partial charge on any atom is 0.412 e. The SMILES string of the molecule is CCCCOC(CN)C(Cc1ccccc1)OC(=O)Nc1cccc(O)c1NC(O)CC(C)(C)C. The molecule has 0 heterocycles. The minimum absolute atomic E-state index is 0.0978. The molecule has 0 saturated carbocycles. The lowest BCUT2D eigenvalue weighted by Gasteiger charge is -2.27. The lowest BCUT2D eigenvalue weighted by Crippen LogP contribution is -2.41. The van der Waals surface area contributed by atoms with Crippen molar-refractivity contribution >= 4 is 17.5 Å². The molecule has 3 unspecified atom stereocenters. The van der Waals surface area contributed by atoms with E-state index in [4.69, 9.17) is 15.2 Å². The van der Waals surface area contributed by atoms with Crippen LogP contribution in [0, 0.1) is 5.41 Å². The molecule has 0 spiro atoms. The molecule has 1 amide bonds. The minimum Gasteiger partial charge on any atom is -0.506 e. The maximum absolute atomic E-state index is 12.9. The van der Waals surface area contributed by atoms with Crippen LogP contribution in [0.4, 0.5) is 16.2 Å². The van der Waals surface area contributed by atoms with E-state index < -0.39 is 24.5 Å². The Bertz CT molecular complexity index is 901. The standard InChI is InChI=1S/C27H41N3O5/c1-5-6-15-34-23(18-28)22(16-19-11-8-7-9-12-19)35-26(33)29-20-13-10-14-21(31)25(20)30-24(32)17-27(2,3)4/h7-14,22-24,30-32H,5-6,15-18,28H2,1-4H3,(H,29,33). The second kappa shape index (κ2) is 13.9. The monoisotopic (exact) mass is 487 g/mol. The number of para-hydroxylation sites is 1. The molecule has 8 nitrogen and oxygen atoms in total. The molecule has 8 heteroatoms. The van der Waals surface area contributed by atoms with E-state index in [1.165, 1.54) is 6.07 Å². The van der Waals surface area contributed by atoms with E-state index in [0.29, 0.717) is 19.4 Å². The van der Waals surface area contributed by atoms with Crippen LogP contribution in [0.3, 0.4) is 0 Å². The van der Waals surface area contributed by atoms with Crippen LogP contribution in [0.25, 0.3) is 0 Å². The van der Waals surface area contributed by atoms with Crippen molar-refractivity contribution in [1.82, 2.24) is 0 Å². The number of unbranched alkanes of at least 4 members (excludes halogenated alkanes) is 1. The highest BCUT2D eigenvalue weighted by atomic mass is 16.6. The first kappa shape index (κ1) is 28.4. The van der Waals surface area contributed by atoms with Gasteiger partial charge >= 0.3 is 6.09 Å². The van der Waals surface area contributed by atoms with E-state index in [-0.39, 0.29) is 29.1 Å². The quantitative estimate of drug-likeness (QED) is 0.155. The number of phenolic OH excluding ortho intramolecular Hbond substituents is 1. The number of ether oxygens (including phenoxy) is 2. The Morgan fingerprint density at radius 2 is 1.80 bits per heavy atom. The Balaban J connectivity index is 2.17. The van der Waals surface area contributed by atoms with Crippen LogP contribution >= 0.6 is 0 Å². The number of hydrogen-bond donors (Lipinski definition) is 5. The summed E-state index contributed by atoms with van der Waals surface area (Å²) in [5.41, 5.74) is 7.34. The van der Waals surface area contributed by atoms with Gasteiger partial charge in [-0.25, -0.2) is 4.79 Å². The van der Waals surface area contributed by atoms with Gasteiger partial charge in [0, 0.05) is 19.6 Å². The van der Waals surface area contributed by atoms with Gasteiger partial charge < -0.3 is 30.7 Å². The molecule has 0 aliphatic carbocycles. The van der Waals surface area contributed by atoms with Gasteiger partial charge in [-0.1, -0.05) is 70.5 Å². The first-order chi connectivity index (χ1) is 16.6. The zero-order chi connectivity index (χ0) is 25.8. The second-order valence-electron chi connectivity index (χ2n) is 9.88. The smallest absolute Gasteiger partial charge is 0.412 e. The molecule has 2 aromatic rings. The molecule has 0 radical (unpaired) electrons. The summed E-state index contributed by atoms with van der Waals surface area (Å²) in [6, 6.07) is 14.4. The van der Waals surface area contributed by atoms with Gasteiger partial charge in [0.25, 0.3) is 0 Å². The van der Waals surface area contributed by atoms with Crippen LogP contribution in [0.2, 0.25) is 0 Å². The summed E-state index contributed by atoms with van der Waals surface area (Å²) >= 11 is 0. The molecule has 35 heavy (non-hydrogen) atoms. The summed E-state index contributed by atoms with van der Waals surface area (Å²) in [6.07, 6.45) is 0.0471. The fraction of sp³-hybridized carbons (Fsp3) is 0.519. The van der Waals surface area contributed by atoms with Crippen LogP contribution in [-0.4, -0.2) is 47.9 Å². The maximum atomic E-state index is 12.9. The van der Waals surface area contributed by atoms with Crippen LogP contribution in [-0.2, 0) is 15.9 Å². The zero-order valence-electron chi connectivity index (χ0n) is 21.3. The third-order valence-corrected chi connectivity index (χ3v) is 5.41. The van der Waals surface area contributed by atoms with E-state index in [9.17, 15) is 15.0 Å². The van der Waals surface area contributed by atoms with Crippen molar-refractivity contribution in [3.8, 4) is 5.75 Å². The van der Waals surface area contributed by atoms with Crippen molar-refractivity contribution in [2.75, 3.05) is 23.8 Å². The average Bonchev–Trinajstić information content (AvgIpc) is 2.78. The summed E-state index contributed by atoms with van der Waals surface area (Å²) in [5.74, 6) is -0.0978. The molecule has 6 N–H and O–H groups in total. The van der Waals surface area contributed by atoms with Crippen molar-refractivity contribution in [1.29, 1.82) is 0 Å². The molecule has 0 bridgehead atoms. The van der Waals surface area contributed by atoms with Crippen LogP contribution in [0.15, 0.2) is 48.5 Å². The molecule has 3 atom stereocenters. The number of phenols is 1. The molecule has 0 fully saturated rings. The lowest BCUT2D eigenvalue weighted by molar-refractivity contribution is -0.0364. The summed E-state index contributed by atoms with van der Waals surface area (Å²) in [7, 11) is 0. The number of nitrogens with two attached hydrogens (primary N) is 1. The number of anilines is 2. The minimum atomic E-state index is -0.917. The predicted octanol–water partition coefficient (Wildman–Crippen LogP) is 4.86. The number of hydrogen-bond acceptors (Lipinski definition) is 7. The number of aliphatic hydroxyl groups excluding tert-OH is 1. The van der Waals surface area contributed by atoms with Crippen molar-refractivity contribution in [3.63, 3.8) is 0 Å². The Labute approximate surface area is 208 Å². The Morgan fingerprint density at radius 3 is 2.43 bits per heavy atom. The third kappa shape index (κ3) is 10.1. The van der Waals surface area contributed by atoms with Crippen LogP contribution in [0.1, 0.15) is 52.5 Å². The first-order valence-electron chi connectivity index (χ1n) is 12.2. The molecule has 2 rings (SSSR count). The number of nitrogens with one attached hydrogen (secondary N) is 2. The van der Waals surface area contributed by atoms with Gasteiger partial charge in [-0.15, -0.1) is 0 Å². The molecule has 0 aliphatic heterocycles. The topological polar surface area (TPSA) is 126 Å². The number of benzene rings is 2. The Morgan fingerprint density at radius 1 is 1.09 bits per heavy atom. The van der Waals surface area contributed by atoms with Gasteiger partial charge in [-0.3, -0.25) is 5.32 Å². The van der Waals surface area contributed by atoms with Gasteiger partial charge in [-0.05, 0) is 36.0 Å². The summed E-state index contributed by atoms with van der Waals surface area (Å²) in [4.78, 5) is 12.9. The molecule has 0 aromatic heterocycles. The second-order valence-corrected chi connectivity index (χ2v) is 9.88. The number of aliphatic hydroxyl groups is 1. The van der Waals surface area contributed by atoms with Crippen LogP contribution < -0.4 is 16.4 Å². The fourth-order valence-electron chi connectivity index (χ4n) is 3.67. The van der Waals surface area contributed by atoms with Gasteiger partial charge in [0.05, 0.1) is 5.69 Å². The van der Waals surface area contributed by atoms with Gasteiger partial charge in [0.2, 0.25) is 0 Å². The van der Waals surface area contributed by atoms with Crippen LogP contribution in [0.5, 0.6) is 5.75 Å². The highest BCUT2D eigenvalue weighted by molar-refractivity contribution is 5.91. The average molecular weight is 488 g/mol. The molecule has 2 aromatic carbocycles. The summed E-state index contributed by atoms with van der Waals surface area (Å²) < 4.78 is 11.7. The number of amides is 1. The Hall–Kier alpha value is -2.81. The number of rotatable bonds is 13. The van der Waals surface area contributed by atoms with Crippen molar-refractivity contribution in [2.45, 2.75) is 71.8 Å². The van der Waals surface area contributed by atoms with E-state index in [1.54, 1.807) is 12.1 Å². The molecule has 0 saturated heterocycles. The molecular formula is C27H41N3O5. The first-order valence-corrected chi connectivity index (χ1v) is 12.2. The normalized spacial score (nSPS) is 14.1. The third-order valence-electron chi connectivity index (χ3n) is 5.41. The Kier molecular flexibility index (Phi) is 11.3. The van der Waals surface area contributed by atoms with E-state index in [2.05, 4.69) is 17.6 Å². The number of carbonyl (C=O) groups excluding carboxylic acids is 1. The molecular weight excluding hydrogens is 446 g/mol. The predicted molar refractivity (Wildman–Crippen MR) is 140 cm³/mol. The van der Waals surface area contributed by atoms with Crippen molar-refractivity contribution < 1.29 is 24.5 Å². The zero-order valence-corrected chi connectivity index (χ0v) is 21.3. The van der Waals surface area contributed by atoms with E-state index in [0.717, 1.165) is 18.4 Å². The highest BCUT2D eigenvalue weighted by Crippen LogP contribution is 2.33. The lowest BCUT2D eigenvalue weighted by atomic mass is 9.91. The van der Waals surface area contributed by atoms with E-state index in [1.807, 2.05) is 51.1 Å². The molecule has 0 aliphatic rings. The number of aromatic hydroxyl groups is 1. The number of carbonyl (C=O) groups is 1. The fourth-order valence-corrected chi connectivity index (χ4v) is 3.67. The molecule has 194 valence electrons. The highest BCUT2D eigenvalue weighted by Gasteiger charge is 2.26. The van der Waals surface area contributed by atoms with E-state index >= 15 is 0 Å². The largest absolute Gasteiger partial charge is 0.506 e. The van der Waals surface area contributed by atoms with Crippen molar-refractivity contribution in [3.05, 3.63) is 54.1 Å². The summed E-state index contributed by atoms with van der Waals surface area (Å²) in [5, 5.41) is 26.4. The summed E-state index contributed by atoms with van der Waals surface area (Å²) in [6.45, 7) is 8.81.